The molecule has 1 aliphatic rings. The van der Waals surface area contributed by atoms with Crippen LogP contribution in [0.5, 0.6) is 0 Å². The molecule has 2 heterocycles. The Morgan fingerprint density at radius 2 is 2.09 bits per heavy atom. The Balaban J connectivity index is 1.87. The molecule has 0 atom stereocenters. The quantitative estimate of drug-likeness (QED) is 0.753. The Labute approximate surface area is 128 Å². The molecule has 0 bridgehead atoms. The fourth-order valence-corrected chi connectivity index (χ4v) is 2.98. The zero-order chi connectivity index (χ0) is 15.3. The number of aryl methyl sites for hydroxylation is 1. The van der Waals surface area contributed by atoms with Crippen LogP contribution in [0, 0.1) is 0 Å². The number of nitrogens with zero attached hydrogens (tertiary/aromatic N) is 3. The highest BCUT2D eigenvalue weighted by Crippen LogP contribution is 2.43. The lowest BCUT2D eigenvalue weighted by atomic mass is 10.1. The van der Waals surface area contributed by atoms with Crippen LogP contribution in [0.4, 0.5) is 5.69 Å². The third-order valence-electron chi connectivity index (χ3n) is 4.32. The molecule has 0 unspecified atom stereocenters. The molecule has 1 aromatic carbocycles. The van der Waals surface area contributed by atoms with E-state index in [2.05, 4.69) is 0 Å². The number of fused-ring (bicyclic) bond motifs is 1. The maximum atomic E-state index is 12.2. The second-order valence-electron chi connectivity index (χ2n) is 6.01. The molecule has 5 nitrogen and oxygen atoms in total. The van der Waals surface area contributed by atoms with Gasteiger partial charge in [-0.3, -0.25) is 9.48 Å². The molecule has 112 valence electrons. The van der Waals surface area contributed by atoms with Gasteiger partial charge in [-0.05, 0) is 31.0 Å². The Kier molecular flexibility index (Phi) is 2.82. The number of nitrogens with two attached hydrogens (primary N) is 1. The molecular weight excluding hydrogens is 276 g/mol. The van der Waals surface area contributed by atoms with E-state index in [9.17, 15) is 4.79 Å². The van der Waals surface area contributed by atoms with E-state index in [4.69, 9.17) is 10.8 Å². The first-order valence-corrected chi connectivity index (χ1v) is 7.54. The van der Waals surface area contributed by atoms with Gasteiger partial charge in [-0.15, -0.1) is 0 Å². The Morgan fingerprint density at radius 1 is 1.27 bits per heavy atom. The fourth-order valence-electron chi connectivity index (χ4n) is 2.98. The Morgan fingerprint density at radius 3 is 2.86 bits per heavy atom. The highest BCUT2D eigenvalue weighted by molar-refractivity contribution is 5.93. The van der Waals surface area contributed by atoms with Crippen LogP contribution >= 0.6 is 0 Å². The standard InChI is InChI=1S/C17H18N4O/c1-20-9-3-4-12(17(20)22)10-21-14-6-2-5-13(18)15(14)16(19-21)11-7-8-11/h2-6,9,11H,7-8,10,18H2,1H3. The number of anilines is 1. The molecule has 5 heteroatoms. The normalized spacial score (nSPS) is 14.6. The van der Waals surface area contributed by atoms with E-state index in [-0.39, 0.29) is 5.56 Å². The third-order valence-corrected chi connectivity index (χ3v) is 4.32. The van der Waals surface area contributed by atoms with E-state index in [0.29, 0.717) is 12.5 Å². The van der Waals surface area contributed by atoms with Crippen molar-refractivity contribution in [1.29, 1.82) is 0 Å². The van der Waals surface area contributed by atoms with Crippen molar-refractivity contribution in [3.8, 4) is 0 Å². The van der Waals surface area contributed by atoms with Crippen molar-refractivity contribution >= 4 is 16.6 Å². The number of pyridine rings is 1. The molecule has 1 saturated carbocycles. The van der Waals surface area contributed by atoms with Crippen LogP contribution in [0.15, 0.2) is 41.3 Å². The van der Waals surface area contributed by atoms with E-state index in [1.54, 1.807) is 17.8 Å². The number of hydrogen-bond donors (Lipinski definition) is 1. The average molecular weight is 294 g/mol. The summed E-state index contributed by atoms with van der Waals surface area (Å²) in [6.07, 6.45) is 4.11. The maximum absolute atomic E-state index is 12.2. The average Bonchev–Trinajstić information content (AvgIpc) is 3.28. The lowest BCUT2D eigenvalue weighted by Gasteiger charge is -2.05. The highest BCUT2D eigenvalue weighted by Gasteiger charge is 2.30. The molecule has 22 heavy (non-hydrogen) atoms. The van der Waals surface area contributed by atoms with Crippen LogP contribution in [-0.4, -0.2) is 14.3 Å². The first-order chi connectivity index (χ1) is 10.6. The minimum Gasteiger partial charge on any atom is -0.398 e. The molecule has 0 amide bonds. The van der Waals surface area contributed by atoms with E-state index >= 15 is 0 Å². The van der Waals surface area contributed by atoms with Crippen LogP contribution in [0.25, 0.3) is 10.9 Å². The maximum Gasteiger partial charge on any atom is 0.255 e. The van der Waals surface area contributed by atoms with Gasteiger partial charge < -0.3 is 10.3 Å². The van der Waals surface area contributed by atoms with Crippen LogP contribution in [0.2, 0.25) is 0 Å². The number of benzene rings is 1. The van der Waals surface area contributed by atoms with Crippen molar-refractivity contribution in [2.45, 2.75) is 25.3 Å². The number of aromatic nitrogens is 3. The van der Waals surface area contributed by atoms with Crippen LogP contribution in [0.3, 0.4) is 0 Å². The summed E-state index contributed by atoms with van der Waals surface area (Å²) in [5.41, 5.74) is 9.78. The highest BCUT2D eigenvalue weighted by atomic mass is 16.1. The summed E-state index contributed by atoms with van der Waals surface area (Å²) in [5, 5.41) is 5.82. The van der Waals surface area contributed by atoms with Crippen LogP contribution in [0.1, 0.15) is 30.0 Å². The van der Waals surface area contributed by atoms with Crippen molar-refractivity contribution in [1.82, 2.24) is 14.3 Å². The number of nitrogen functional groups attached to an aromatic ring is 1. The molecule has 0 saturated heterocycles. The van der Waals surface area contributed by atoms with Crippen molar-refractivity contribution in [3.63, 3.8) is 0 Å². The van der Waals surface area contributed by atoms with E-state index in [1.807, 2.05) is 35.0 Å². The molecule has 0 aliphatic heterocycles. The second-order valence-corrected chi connectivity index (χ2v) is 6.01. The van der Waals surface area contributed by atoms with Crippen molar-refractivity contribution in [2.75, 3.05) is 5.73 Å². The van der Waals surface area contributed by atoms with Crippen LogP contribution < -0.4 is 11.3 Å². The molecular formula is C17H18N4O. The summed E-state index contributed by atoms with van der Waals surface area (Å²) in [6, 6.07) is 9.63. The zero-order valence-corrected chi connectivity index (χ0v) is 12.5. The summed E-state index contributed by atoms with van der Waals surface area (Å²) in [5.74, 6) is 0.520. The second kappa shape index (κ2) is 4.73. The summed E-state index contributed by atoms with van der Waals surface area (Å²) in [4.78, 5) is 12.2. The van der Waals surface area contributed by atoms with Gasteiger partial charge in [-0.25, -0.2) is 0 Å². The predicted octanol–water partition coefficient (Wildman–Crippen LogP) is 2.24. The molecule has 4 rings (SSSR count). The molecule has 1 aliphatic carbocycles. The first-order valence-electron chi connectivity index (χ1n) is 7.54. The SMILES string of the molecule is Cn1cccc(Cn2nc(C3CC3)c3c(N)cccc32)c1=O. The molecule has 0 radical (unpaired) electrons. The summed E-state index contributed by atoms with van der Waals surface area (Å²) >= 11 is 0. The van der Waals surface area contributed by atoms with Gasteiger partial charge >= 0.3 is 0 Å². The summed E-state index contributed by atoms with van der Waals surface area (Å²) in [6.45, 7) is 0.472. The van der Waals surface area contributed by atoms with Gasteiger partial charge in [-0.1, -0.05) is 12.1 Å². The summed E-state index contributed by atoms with van der Waals surface area (Å²) < 4.78 is 3.51. The smallest absolute Gasteiger partial charge is 0.255 e. The predicted molar refractivity (Wildman–Crippen MR) is 86.9 cm³/mol. The van der Waals surface area contributed by atoms with Crippen molar-refractivity contribution in [2.24, 2.45) is 7.05 Å². The fraction of sp³-hybridized carbons (Fsp3) is 0.294. The first kappa shape index (κ1) is 13.1. The summed E-state index contributed by atoms with van der Waals surface area (Å²) in [7, 11) is 1.76. The minimum atomic E-state index is 0.0167. The zero-order valence-electron chi connectivity index (χ0n) is 12.5. The van der Waals surface area contributed by atoms with E-state index in [0.717, 1.165) is 27.8 Å². The van der Waals surface area contributed by atoms with Gasteiger partial charge in [0.05, 0.1) is 17.8 Å². The largest absolute Gasteiger partial charge is 0.398 e. The molecule has 2 aromatic heterocycles. The van der Waals surface area contributed by atoms with Gasteiger partial charge in [0.1, 0.15) is 0 Å². The number of rotatable bonds is 3. The van der Waals surface area contributed by atoms with Gasteiger partial charge in [0.2, 0.25) is 0 Å². The topological polar surface area (TPSA) is 65.8 Å². The molecule has 2 N–H and O–H groups in total. The van der Waals surface area contributed by atoms with Crippen molar-refractivity contribution < 1.29 is 0 Å². The van der Waals surface area contributed by atoms with Gasteiger partial charge in [0.15, 0.2) is 0 Å². The molecule has 0 spiro atoms. The molecule has 1 fully saturated rings. The van der Waals surface area contributed by atoms with Gasteiger partial charge in [0, 0.05) is 35.8 Å². The number of hydrogen-bond acceptors (Lipinski definition) is 3. The van der Waals surface area contributed by atoms with Crippen LogP contribution in [-0.2, 0) is 13.6 Å². The minimum absolute atomic E-state index is 0.0167. The lowest BCUT2D eigenvalue weighted by molar-refractivity contribution is 0.679. The van der Waals surface area contributed by atoms with E-state index < -0.39 is 0 Å². The van der Waals surface area contributed by atoms with E-state index in [1.165, 1.54) is 12.8 Å². The monoisotopic (exact) mass is 294 g/mol. The third kappa shape index (κ3) is 2.01. The van der Waals surface area contributed by atoms with Crippen molar-refractivity contribution in [3.05, 3.63) is 58.1 Å². The molecule has 3 aromatic rings. The lowest BCUT2D eigenvalue weighted by Crippen LogP contribution is -2.22. The van der Waals surface area contributed by atoms with Gasteiger partial charge in [-0.2, -0.15) is 5.10 Å². The van der Waals surface area contributed by atoms with Gasteiger partial charge in [0.25, 0.3) is 5.56 Å². The Hall–Kier alpha value is -2.56. The Bertz CT molecular complexity index is 918.